The van der Waals surface area contributed by atoms with E-state index in [9.17, 15) is 8.78 Å². The molecule has 0 saturated carbocycles. The number of benzene rings is 3. The van der Waals surface area contributed by atoms with Gasteiger partial charge in [-0.25, -0.2) is 8.78 Å². The summed E-state index contributed by atoms with van der Waals surface area (Å²) >= 11 is 5.07. The van der Waals surface area contributed by atoms with Crippen molar-refractivity contribution in [1.29, 1.82) is 0 Å². The lowest BCUT2D eigenvalue weighted by Crippen LogP contribution is -1.97. The van der Waals surface area contributed by atoms with E-state index in [1.54, 1.807) is 36.0 Å². The van der Waals surface area contributed by atoms with Crippen LogP contribution in [-0.4, -0.2) is 0 Å². The van der Waals surface area contributed by atoms with Gasteiger partial charge in [-0.3, -0.25) is 0 Å². The molecule has 0 unspecified atom stereocenters. The van der Waals surface area contributed by atoms with E-state index in [2.05, 4.69) is 15.9 Å². The third-order valence-corrected chi connectivity index (χ3v) is 5.27. The quantitative estimate of drug-likeness (QED) is 0.451. The first-order valence-electron chi connectivity index (χ1n) is 7.05. The first-order valence-corrected chi connectivity index (χ1v) is 8.72. The molecule has 0 nitrogen and oxygen atoms in total. The van der Waals surface area contributed by atoms with Gasteiger partial charge < -0.3 is 0 Å². The third-order valence-electron chi connectivity index (χ3n) is 3.41. The van der Waals surface area contributed by atoms with Gasteiger partial charge in [0.2, 0.25) is 0 Å². The standard InChI is InChI=1S/C19H13BrF2S/c20-15-5-11-18(12-6-15)23-19(13-1-7-16(21)8-2-13)14-3-9-17(22)10-4-14/h1-12,19H. The molecule has 3 aromatic carbocycles. The summed E-state index contributed by atoms with van der Waals surface area (Å²) in [7, 11) is 0. The smallest absolute Gasteiger partial charge is 0.123 e. The molecule has 0 aliphatic heterocycles. The van der Waals surface area contributed by atoms with Crippen LogP contribution in [0.15, 0.2) is 82.2 Å². The lowest BCUT2D eigenvalue weighted by atomic mass is 10.0. The zero-order valence-corrected chi connectivity index (χ0v) is 14.5. The van der Waals surface area contributed by atoms with Crippen LogP contribution in [-0.2, 0) is 0 Å². The first-order chi connectivity index (χ1) is 11.1. The highest BCUT2D eigenvalue weighted by Crippen LogP contribution is 2.40. The minimum atomic E-state index is -0.264. The van der Waals surface area contributed by atoms with E-state index in [1.165, 1.54) is 24.3 Å². The van der Waals surface area contributed by atoms with Crippen LogP contribution in [0.2, 0.25) is 0 Å². The Hall–Kier alpha value is -1.65. The number of hydrogen-bond acceptors (Lipinski definition) is 1. The van der Waals surface area contributed by atoms with Crippen molar-refractivity contribution in [2.24, 2.45) is 0 Å². The SMILES string of the molecule is Fc1ccc(C(Sc2ccc(Br)cc2)c2ccc(F)cc2)cc1. The highest BCUT2D eigenvalue weighted by atomic mass is 79.9. The summed E-state index contributed by atoms with van der Waals surface area (Å²) in [4.78, 5) is 1.09. The fourth-order valence-corrected chi connectivity index (χ4v) is 3.67. The fourth-order valence-electron chi connectivity index (χ4n) is 2.25. The molecule has 3 aromatic rings. The van der Waals surface area contributed by atoms with Crippen molar-refractivity contribution >= 4 is 27.7 Å². The second-order valence-electron chi connectivity index (χ2n) is 5.05. The van der Waals surface area contributed by atoms with Gasteiger partial charge in [0.15, 0.2) is 0 Å². The summed E-state index contributed by atoms with van der Waals surface area (Å²) in [5.74, 6) is -0.527. The van der Waals surface area contributed by atoms with Crippen LogP contribution < -0.4 is 0 Å². The molecule has 0 aliphatic carbocycles. The molecule has 0 atom stereocenters. The molecule has 116 valence electrons. The molecule has 0 radical (unpaired) electrons. The Labute approximate surface area is 146 Å². The molecule has 0 heterocycles. The molecular weight excluding hydrogens is 378 g/mol. The van der Waals surface area contributed by atoms with E-state index in [1.807, 2.05) is 24.3 Å². The average molecular weight is 391 g/mol. The molecule has 0 aliphatic rings. The van der Waals surface area contributed by atoms with E-state index in [4.69, 9.17) is 0 Å². The fraction of sp³-hybridized carbons (Fsp3) is 0.0526. The van der Waals surface area contributed by atoms with Gasteiger partial charge in [0.1, 0.15) is 11.6 Å². The third kappa shape index (κ3) is 4.21. The van der Waals surface area contributed by atoms with Crippen LogP contribution >= 0.6 is 27.7 Å². The molecule has 3 rings (SSSR count). The second kappa shape index (κ2) is 7.28. The lowest BCUT2D eigenvalue weighted by molar-refractivity contribution is 0.626. The Morgan fingerprint density at radius 3 is 1.52 bits per heavy atom. The van der Waals surface area contributed by atoms with Crippen LogP contribution in [0.4, 0.5) is 8.78 Å². The Morgan fingerprint density at radius 1 is 0.652 bits per heavy atom. The van der Waals surface area contributed by atoms with Crippen LogP contribution in [0.25, 0.3) is 0 Å². The van der Waals surface area contributed by atoms with E-state index in [0.717, 1.165) is 20.5 Å². The number of halogens is 3. The van der Waals surface area contributed by atoms with E-state index < -0.39 is 0 Å². The van der Waals surface area contributed by atoms with Crippen LogP contribution in [0, 0.1) is 11.6 Å². The summed E-state index contributed by atoms with van der Waals surface area (Å²) in [5, 5.41) is -0.0302. The minimum Gasteiger partial charge on any atom is -0.207 e. The Kier molecular flexibility index (Phi) is 5.13. The zero-order chi connectivity index (χ0) is 16.2. The molecule has 0 saturated heterocycles. The minimum absolute atomic E-state index is 0.0302. The zero-order valence-electron chi connectivity index (χ0n) is 12.0. The summed E-state index contributed by atoms with van der Waals surface area (Å²) in [6, 6.07) is 20.9. The Balaban J connectivity index is 1.97. The molecule has 0 aromatic heterocycles. The van der Waals surface area contributed by atoms with Crippen molar-refractivity contribution in [2.75, 3.05) is 0 Å². The normalized spacial score (nSPS) is 11.0. The predicted molar refractivity (Wildman–Crippen MR) is 94.6 cm³/mol. The monoisotopic (exact) mass is 390 g/mol. The van der Waals surface area contributed by atoms with Crippen molar-refractivity contribution in [3.63, 3.8) is 0 Å². The Bertz CT molecular complexity index is 722. The van der Waals surface area contributed by atoms with Gasteiger partial charge in [-0.1, -0.05) is 40.2 Å². The molecule has 0 fully saturated rings. The second-order valence-corrected chi connectivity index (χ2v) is 7.15. The van der Waals surface area contributed by atoms with E-state index in [-0.39, 0.29) is 16.9 Å². The van der Waals surface area contributed by atoms with Gasteiger partial charge in [-0.05, 0) is 59.7 Å². The van der Waals surface area contributed by atoms with E-state index >= 15 is 0 Å². The van der Waals surface area contributed by atoms with Gasteiger partial charge in [-0.2, -0.15) is 0 Å². The van der Waals surface area contributed by atoms with Gasteiger partial charge in [0.25, 0.3) is 0 Å². The Morgan fingerprint density at radius 2 is 1.09 bits per heavy atom. The molecule has 4 heteroatoms. The number of rotatable bonds is 4. The predicted octanol–water partition coefficient (Wildman–Crippen LogP) is 6.61. The average Bonchev–Trinajstić information content (AvgIpc) is 2.56. The first kappa shape index (κ1) is 16.2. The lowest BCUT2D eigenvalue weighted by Gasteiger charge is -2.18. The molecule has 23 heavy (non-hydrogen) atoms. The van der Waals surface area contributed by atoms with Gasteiger partial charge in [0.05, 0.1) is 5.25 Å². The van der Waals surface area contributed by atoms with Gasteiger partial charge >= 0.3 is 0 Å². The molecule has 0 bridgehead atoms. The van der Waals surface area contributed by atoms with Gasteiger partial charge in [-0.15, -0.1) is 11.8 Å². The van der Waals surface area contributed by atoms with Gasteiger partial charge in [0, 0.05) is 9.37 Å². The summed E-state index contributed by atoms with van der Waals surface area (Å²) in [5.41, 5.74) is 1.96. The highest BCUT2D eigenvalue weighted by molar-refractivity contribution is 9.10. The maximum Gasteiger partial charge on any atom is 0.123 e. The molecule has 0 N–H and O–H groups in total. The van der Waals surface area contributed by atoms with Crippen molar-refractivity contribution in [3.05, 3.63) is 100 Å². The topological polar surface area (TPSA) is 0 Å². The summed E-state index contributed by atoms with van der Waals surface area (Å²) < 4.78 is 27.4. The molecule has 0 amide bonds. The summed E-state index contributed by atoms with van der Waals surface area (Å²) in [6.45, 7) is 0. The van der Waals surface area contributed by atoms with Crippen molar-refractivity contribution < 1.29 is 8.78 Å². The summed E-state index contributed by atoms with van der Waals surface area (Å²) in [6.07, 6.45) is 0. The highest BCUT2D eigenvalue weighted by Gasteiger charge is 2.16. The molecule has 0 spiro atoms. The largest absolute Gasteiger partial charge is 0.207 e. The van der Waals surface area contributed by atoms with Crippen LogP contribution in [0.5, 0.6) is 0 Å². The van der Waals surface area contributed by atoms with Crippen molar-refractivity contribution in [2.45, 2.75) is 10.1 Å². The molecular formula is C19H13BrF2S. The van der Waals surface area contributed by atoms with Crippen molar-refractivity contribution in [3.8, 4) is 0 Å². The van der Waals surface area contributed by atoms with Crippen LogP contribution in [0.1, 0.15) is 16.4 Å². The van der Waals surface area contributed by atoms with Crippen LogP contribution in [0.3, 0.4) is 0 Å². The number of thioether (sulfide) groups is 1. The number of hydrogen-bond donors (Lipinski definition) is 0. The maximum absolute atomic E-state index is 13.2. The van der Waals surface area contributed by atoms with E-state index in [0.29, 0.717) is 0 Å². The van der Waals surface area contributed by atoms with Crippen molar-refractivity contribution in [1.82, 2.24) is 0 Å². The maximum atomic E-state index is 13.2.